The van der Waals surface area contributed by atoms with E-state index in [9.17, 15) is 19.7 Å². The maximum Gasteiger partial charge on any atom is 0.293 e. The van der Waals surface area contributed by atoms with Crippen LogP contribution in [0.4, 0.5) is 17.1 Å². The molecule has 11 nitrogen and oxygen atoms in total. The van der Waals surface area contributed by atoms with Gasteiger partial charge in [0.25, 0.3) is 11.6 Å². The largest absolute Gasteiger partial charge is 0.364 e. The van der Waals surface area contributed by atoms with E-state index in [2.05, 4.69) is 20.5 Å². The van der Waals surface area contributed by atoms with E-state index in [0.29, 0.717) is 16.6 Å². The SMILES string of the molecule is Cn1ccnc1C(=O)c1ccc(Nc2ccc3[nH]nc(C(N)=O)c3c2)c([N+](=O)[O-])c1. The molecule has 0 spiro atoms. The van der Waals surface area contributed by atoms with E-state index in [-0.39, 0.29) is 28.5 Å². The van der Waals surface area contributed by atoms with Crippen LogP contribution in [0, 0.1) is 10.1 Å². The molecule has 11 heteroatoms. The van der Waals surface area contributed by atoms with Gasteiger partial charge in [-0.15, -0.1) is 0 Å². The second-order valence-electron chi connectivity index (χ2n) is 6.50. The number of aryl methyl sites for hydroxylation is 1. The average molecular weight is 405 g/mol. The van der Waals surface area contributed by atoms with Crippen LogP contribution in [0.1, 0.15) is 26.7 Å². The Kier molecular flexibility index (Phi) is 4.47. The normalized spacial score (nSPS) is 10.8. The van der Waals surface area contributed by atoms with Crippen molar-refractivity contribution in [1.82, 2.24) is 19.7 Å². The second kappa shape index (κ2) is 7.13. The molecule has 0 fully saturated rings. The van der Waals surface area contributed by atoms with Gasteiger partial charge >= 0.3 is 0 Å². The zero-order chi connectivity index (χ0) is 21.4. The highest BCUT2D eigenvalue weighted by atomic mass is 16.6. The van der Waals surface area contributed by atoms with Crippen LogP contribution in [-0.4, -0.2) is 36.4 Å². The van der Waals surface area contributed by atoms with E-state index in [0.717, 1.165) is 0 Å². The van der Waals surface area contributed by atoms with Gasteiger partial charge in [0.1, 0.15) is 5.69 Å². The zero-order valence-corrected chi connectivity index (χ0v) is 15.6. The number of hydrogen-bond donors (Lipinski definition) is 3. The molecule has 0 aliphatic heterocycles. The molecule has 0 radical (unpaired) electrons. The van der Waals surface area contributed by atoms with Crippen molar-refractivity contribution in [2.75, 3.05) is 5.32 Å². The molecule has 4 N–H and O–H groups in total. The molecule has 2 heterocycles. The van der Waals surface area contributed by atoms with Crippen molar-refractivity contribution in [3.05, 3.63) is 76.0 Å². The maximum atomic E-state index is 12.6. The molecular formula is C19H15N7O4. The summed E-state index contributed by atoms with van der Waals surface area (Å²) >= 11 is 0. The van der Waals surface area contributed by atoms with Gasteiger partial charge in [-0.05, 0) is 30.3 Å². The number of nitrogens with two attached hydrogens (primary N) is 1. The third-order valence-corrected chi connectivity index (χ3v) is 4.56. The standard InChI is InChI=1S/C19H15N7O4/c1-25-7-6-21-19(25)17(27)10-2-4-14(15(8-10)26(29)30)22-11-3-5-13-12(9-11)16(18(20)28)24-23-13/h2-9,22H,1H3,(H2,20,28)(H,23,24). The summed E-state index contributed by atoms with van der Waals surface area (Å²) in [7, 11) is 1.66. The molecule has 150 valence electrons. The third kappa shape index (κ3) is 3.24. The number of fused-ring (bicyclic) bond motifs is 1. The van der Waals surface area contributed by atoms with Gasteiger partial charge in [0.2, 0.25) is 5.78 Å². The first-order chi connectivity index (χ1) is 14.3. The monoisotopic (exact) mass is 405 g/mol. The summed E-state index contributed by atoms with van der Waals surface area (Å²) in [4.78, 5) is 39.1. The Hall–Kier alpha value is -4.54. The van der Waals surface area contributed by atoms with Gasteiger partial charge < -0.3 is 15.6 Å². The van der Waals surface area contributed by atoms with Gasteiger partial charge in [0.05, 0.1) is 10.4 Å². The number of imidazole rings is 1. The summed E-state index contributed by atoms with van der Waals surface area (Å²) in [5, 5.41) is 21.6. The van der Waals surface area contributed by atoms with Gasteiger partial charge in [0, 0.05) is 42.1 Å². The molecule has 0 aliphatic rings. The number of carbonyl (C=O) groups excluding carboxylic acids is 2. The molecule has 2 aromatic heterocycles. The molecule has 2 aromatic carbocycles. The zero-order valence-electron chi connectivity index (χ0n) is 15.6. The Bertz CT molecular complexity index is 1320. The van der Waals surface area contributed by atoms with Crippen LogP contribution in [0.15, 0.2) is 48.8 Å². The van der Waals surface area contributed by atoms with E-state index in [1.165, 1.54) is 29.0 Å². The van der Waals surface area contributed by atoms with Crippen LogP contribution in [0.25, 0.3) is 10.9 Å². The fourth-order valence-corrected chi connectivity index (χ4v) is 3.08. The summed E-state index contributed by atoms with van der Waals surface area (Å²) in [5.41, 5.74) is 6.51. The first-order valence-electron chi connectivity index (χ1n) is 8.70. The maximum absolute atomic E-state index is 12.6. The molecule has 0 atom stereocenters. The highest BCUT2D eigenvalue weighted by Gasteiger charge is 2.21. The van der Waals surface area contributed by atoms with Crippen LogP contribution >= 0.6 is 0 Å². The van der Waals surface area contributed by atoms with Gasteiger partial charge in [-0.3, -0.25) is 24.8 Å². The van der Waals surface area contributed by atoms with E-state index in [4.69, 9.17) is 5.73 Å². The van der Waals surface area contributed by atoms with Crippen molar-refractivity contribution in [2.45, 2.75) is 0 Å². The predicted molar refractivity (Wildman–Crippen MR) is 108 cm³/mol. The number of nitrogens with one attached hydrogen (secondary N) is 2. The number of aromatic nitrogens is 4. The van der Waals surface area contributed by atoms with Gasteiger partial charge in [-0.2, -0.15) is 5.10 Å². The van der Waals surface area contributed by atoms with Gasteiger partial charge in [-0.1, -0.05) is 0 Å². The van der Waals surface area contributed by atoms with Crippen LogP contribution in [0.5, 0.6) is 0 Å². The fourth-order valence-electron chi connectivity index (χ4n) is 3.08. The average Bonchev–Trinajstić information content (AvgIpc) is 3.33. The Morgan fingerprint density at radius 3 is 2.70 bits per heavy atom. The lowest BCUT2D eigenvalue weighted by atomic mass is 10.1. The van der Waals surface area contributed by atoms with Crippen molar-refractivity contribution in [1.29, 1.82) is 0 Å². The Morgan fingerprint density at radius 1 is 1.23 bits per heavy atom. The number of nitrogens with zero attached hydrogens (tertiary/aromatic N) is 4. The second-order valence-corrected chi connectivity index (χ2v) is 6.50. The number of benzene rings is 2. The summed E-state index contributed by atoms with van der Waals surface area (Å²) in [6, 6.07) is 9.07. The highest BCUT2D eigenvalue weighted by Crippen LogP contribution is 2.31. The number of hydrogen-bond acceptors (Lipinski definition) is 7. The van der Waals surface area contributed by atoms with Crippen LogP contribution in [0.3, 0.4) is 0 Å². The lowest BCUT2D eigenvalue weighted by Crippen LogP contribution is -2.11. The highest BCUT2D eigenvalue weighted by molar-refractivity contribution is 6.07. The molecule has 1 amide bonds. The van der Waals surface area contributed by atoms with Crippen molar-refractivity contribution in [3.63, 3.8) is 0 Å². The molecule has 4 rings (SSSR count). The molecule has 0 saturated carbocycles. The van der Waals surface area contributed by atoms with Crippen molar-refractivity contribution < 1.29 is 14.5 Å². The van der Waals surface area contributed by atoms with E-state index < -0.39 is 16.6 Å². The Morgan fingerprint density at radius 2 is 2.03 bits per heavy atom. The van der Waals surface area contributed by atoms with E-state index in [1.807, 2.05) is 0 Å². The minimum absolute atomic E-state index is 0.0687. The lowest BCUT2D eigenvalue weighted by molar-refractivity contribution is -0.383. The fraction of sp³-hybridized carbons (Fsp3) is 0.0526. The number of anilines is 2. The first kappa shape index (κ1) is 18.8. The minimum atomic E-state index is -0.693. The van der Waals surface area contributed by atoms with Gasteiger partial charge in [0.15, 0.2) is 11.5 Å². The van der Waals surface area contributed by atoms with Crippen LogP contribution in [-0.2, 0) is 7.05 Å². The van der Waals surface area contributed by atoms with Gasteiger partial charge in [-0.25, -0.2) is 4.98 Å². The molecule has 30 heavy (non-hydrogen) atoms. The van der Waals surface area contributed by atoms with Crippen LogP contribution in [0.2, 0.25) is 0 Å². The summed E-state index contributed by atoms with van der Waals surface area (Å²) in [5.74, 6) is -0.945. The summed E-state index contributed by atoms with van der Waals surface area (Å²) < 4.78 is 1.54. The van der Waals surface area contributed by atoms with E-state index in [1.54, 1.807) is 31.4 Å². The molecule has 0 saturated heterocycles. The van der Waals surface area contributed by atoms with E-state index >= 15 is 0 Å². The number of carbonyl (C=O) groups is 2. The number of H-pyrrole nitrogens is 1. The molecular weight excluding hydrogens is 390 g/mol. The number of rotatable bonds is 6. The molecule has 0 aliphatic carbocycles. The lowest BCUT2D eigenvalue weighted by Gasteiger charge is -2.09. The predicted octanol–water partition coefficient (Wildman–Crippen LogP) is 2.28. The topological polar surface area (TPSA) is 162 Å². The number of nitro benzene ring substituents is 1. The molecule has 0 bridgehead atoms. The number of nitro groups is 1. The van der Waals surface area contributed by atoms with Crippen molar-refractivity contribution in [2.24, 2.45) is 12.8 Å². The first-order valence-corrected chi connectivity index (χ1v) is 8.70. The number of amides is 1. The van der Waals surface area contributed by atoms with Crippen LogP contribution < -0.4 is 11.1 Å². The minimum Gasteiger partial charge on any atom is -0.364 e. The Balaban J connectivity index is 1.71. The van der Waals surface area contributed by atoms with Crippen molar-refractivity contribution >= 4 is 39.7 Å². The number of aromatic amines is 1. The third-order valence-electron chi connectivity index (χ3n) is 4.56. The number of ketones is 1. The Labute approximate surface area is 168 Å². The summed E-state index contributed by atoms with van der Waals surface area (Å²) in [6.07, 6.45) is 3.09. The smallest absolute Gasteiger partial charge is 0.293 e. The number of primary amides is 1. The van der Waals surface area contributed by atoms with Crippen molar-refractivity contribution in [3.8, 4) is 0 Å². The molecule has 4 aromatic rings. The summed E-state index contributed by atoms with van der Waals surface area (Å²) in [6.45, 7) is 0. The quantitative estimate of drug-likeness (QED) is 0.252. The molecule has 0 unspecified atom stereocenters.